The molecular formula is C14H19NO3S. The van der Waals surface area contributed by atoms with Gasteiger partial charge in [-0.1, -0.05) is 0 Å². The van der Waals surface area contributed by atoms with Crippen molar-refractivity contribution in [1.29, 1.82) is 0 Å². The number of ether oxygens (including phenoxy) is 2. The molecule has 1 aliphatic rings. The van der Waals surface area contributed by atoms with E-state index in [1.165, 1.54) is 7.11 Å². The monoisotopic (exact) mass is 281 g/mol. The summed E-state index contributed by atoms with van der Waals surface area (Å²) in [6.45, 7) is 0. The Balaban J connectivity index is 2.17. The van der Waals surface area contributed by atoms with Crippen LogP contribution in [0.4, 0.5) is 5.69 Å². The van der Waals surface area contributed by atoms with Crippen LogP contribution in [0.5, 0.6) is 5.75 Å². The molecule has 4 nitrogen and oxygen atoms in total. The first kappa shape index (κ1) is 14.1. The van der Waals surface area contributed by atoms with Gasteiger partial charge in [0.25, 0.3) is 0 Å². The minimum Gasteiger partial charge on any atom is -0.497 e. The van der Waals surface area contributed by atoms with Crippen LogP contribution in [0, 0.1) is 0 Å². The lowest BCUT2D eigenvalue weighted by atomic mass is 9.91. The number of hydrogen-bond acceptors (Lipinski definition) is 5. The second kappa shape index (κ2) is 6.19. The third-order valence-corrected chi connectivity index (χ3v) is 4.38. The van der Waals surface area contributed by atoms with Crippen molar-refractivity contribution in [3.05, 3.63) is 24.3 Å². The van der Waals surface area contributed by atoms with E-state index in [2.05, 4.69) is 5.32 Å². The van der Waals surface area contributed by atoms with E-state index < -0.39 is 5.54 Å². The first-order valence-corrected chi connectivity index (χ1v) is 7.44. The SMILES string of the molecule is COC(=O)C1(Nc2ccc(OC)cc2)CCSCC1. The molecule has 0 saturated carbocycles. The molecule has 0 spiro atoms. The summed E-state index contributed by atoms with van der Waals surface area (Å²) < 4.78 is 10.1. The minimum atomic E-state index is -0.589. The molecule has 1 aromatic rings. The Hall–Kier alpha value is -1.36. The Morgan fingerprint density at radius 3 is 2.37 bits per heavy atom. The van der Waals surface area contributed by atoms with E-state index in [4.69, 9.17) is 9.47 Å². The summed E-state index contributed by atoms with van der Waals surface area (Å²) in [5.74, 6) is 2.57. The summed E-state index contributed by atoms with van der Waals surface area (Å²) in [5, 5.41) is 3.35. The average molecular weight is 281 g/mol. The predicted octanol–water partition coefficient (Wildman–Crippen LogP) is 2.55. The third-order valence-electron chi connectivity index (χ3n) is 3.40. The highest BCUT2D eigenvalue weighted by atomic mass is 32.2. The molecule has 0 amide bonds. The maximum atomic E-state index is 12.1. The second-order valence-electron chi connectivity index (χ2n) is 4.54. The number of carbonyl (C=O) groups is 1. The molecule has 1 heterocycles. The Bertz CT molecular complexity index is 427. The first-order valence-electron chi connectivity index (χ1n) is 6.28. The van der Waals surface area contributed by atoms with Gasteiger partial charge in [-0.05, 0) is 48.6 Å². The molecule has 1 saturated heterocycles. The third kappa shape index (κ3) is 3.15. The number of methoxy groups -OCH3 is 2. The fourth-order valence-corrected chi connectivity index (χ4v) is 3.44. The molecule has 1 aliphatic heterocycles. The number of carbonyl (C=O) groups excluding carboxylic acids is 1. The Kier molecular flexibility index (Phi) is 4.58. The van der Waals surface area contributed by atoms with E-state index in [1.54, 1.807) is 7.11 Å². The topological polar surface area (TPSA) is 47.6 Å². The largest absolute Gasteiger partial charge is 0.497 e. The fraction of sp³-hybridized carbons (Fsp3) is 0.500. The number of benzene rings is 1. The number of nitrogens with one attached hydrogen (secondary N) is 1. The van der Waals surface area contributed by atoms with E-state index in [-0.39, 0.29) is 5.97 Å². The van der Waals surface area contributed by atoms with Crippen molar-refractivity contribution in [2.75, 3.05) is 31.0 Å². The summed E-state index contributed by atoms with van der Waals surface area (Å²) in [6.07, 6.45) is 1.58. The van der Waals surface area contributed by atoms with E-state index in [9.17, 15) is 4.79 Å². The molecule has 1 aromatic carbocycles. The van der Waals surface area contributed by atoms with Crippen LogP contribution in [-0.2, 0) is 9.53 Å². The summed E-state index contributed by atoms with van der Waals surface area (Å²) >= 11 is 1.87. The van der Waals surface area contributed by atoms with Crippen LogP contribution in [0.25, 0.3) is 0 Å². The smallest absolute Gasteiger partial charge is 0.331 e. The molecule has 1 fully saturated rings. The Labute approximate surface area is 117 Å². The molecule has 2 rings (SSSR count). The van der Waals surface area contributed by atoms with E-state index in [0.29, 0.717) is 0 Å². The van der Waals surface area contributed by atoms with Crippen molar-refractivity contribution in [3.8, 4) is 5.75 Å². The van der Waals surface area contributed by atoms with Crippen LogP contribution in [0.1, 0.15) is 12.8 Å². The zero-order chi connectivity index (χ0) is 13.7. The molecule has 1 N–H and O–H groups in total. The molecule has 0 unspecified atom stereocenters. The Morgan fingerprint density at radius 1 is 1.21 bits per heavy atom. The molecule has 19 heavy (non-hydrogen) atoms. The van der Waals surface area contributed by atoms with Gasteiger partial charge in [-0.2, -0.15) is 11.8 Å². The summed E-state index contributed by atoms with van der Waals surface area (Å²) in [5.41, 5.74) is 0.326. The van der Waals surface area contributed by atoms with Gasteiger partial charge in [0.15, 0.2) is 0 Å². The highest BCUT2D eigenvalue weighted by Gasteiger charge is 2.40. The minimum absolute atomic E-state index is 0.177. The van der Waals surface area contributed by atoms with Crippen molar-refractivity contribution < 1.29 is 14.3 Å². The number of hydrogen-bond donors (Lipinski definition) is 1. The zero-order valence-electron chi connectivity index (χ0n) is 11.3. The van der Waals surface area contributed by atoms with Gasteiger partial charge in [0.2, 0.25) is 0 Å². The van der Waals surface area contributed by atoms with Crippen molar-refractivity contribution in [2.24, 2.45) is 0 Å². The number of thioether (sulfide) groups is 1. The summed E-state index contributed by atoms with van der Waals surface area (Å²) in [6, 6.07) is 7.60. The maximum absolute atomic E-state index is 12.1. The van der Waals surface area contributed by atoms with Crippen LogP contribution in [0.15, 0.2) is 24.3 Å². The van der Waals surface area contributed by atoms with Gasteiger partial charge in [-0.25, -0.2) is 4.79 Å². The quantitative estimate of drug-likeness (QED) is 0.859. The van der Waals surface area contributed by atoms with Gasteiger partial charge >= 0.3 is 5.97 Å². The maximum Gasteiger partial charge on any atom is 0.331 e. The lowest BCUT2D eigenvalue weighted by Crippen LogP contribution is -2.49. The summed E-state index contributed by atoms with van der Waals surface area (Å²) in [4.78, 5) is 12.1. The second-order valence-corrected chi connectivity index (χ2v) is 5.76. The highest BCUT2D eigenvalue weighted by molar-refractivity contribution is 7.99. The molecule has 5 heteroatoms. The van der Waals surface area contributed by atoms with Gasteiger partial charge in [-0.15, -0.1) is 0 Å². The molecule has 0 atom stereocenters. The van der Waals surface area contributed by atoms with Crippen molar-refractivity contribution in [2.45, 2.75) is 18.4 Å². The summed E-state index contributed by atoms with van der Waals surface area (Å²) in [7, 11) is 3.08. The molecule has 0 aliphatic carbocycles. The Morgan fingerprint density at radius 2 is 1.84 bits per heavy atom. The van der Waals surface area contributed by atoms with Crippen LogP contribution in [0.3, 0.4) is 0 Å². The van der Waals surface area contributed by atoms with Crippen molar-refractivity contribution >= 4 is 23.4 Å². The van der Waals surface area contributed by atoms with Gasteiger partial charge in [0, 0.05) is 5.69 Å². The zero-order valence-corrected chi connectivity index (χ0v) is 12.1. The molecular weight excluding hydrogens is 262 g/mol. The van der Waals surface area contributed by atoms with Gasteiger partial charge in [0.1, 0.15) is 11.3 Å². The van der Waals surface area contributed by atoms with E-state index in [1.807, 2.05) is 36.0 Å². The number of esters is 1. The fourth-order valence-electron chi connectivity index (χ4n) is 2.25. The van der Waals surface area contributed by atoms with Gasteiger partial charge < -0.3 is 14.8 Å². The molecule has 0 aromatic heterocycles. The van der Waals surface area contributed by atoms with Crippen molar-refractivity contribution in [1.82, 2.24) is 0 Å². The van der Waals surface area contributed by atoms with Crippen LogP contribution < -0.4 is 10.1 Å². The number of rotatable bonds is 4. The molecule has 0 bridgehead atoms. The predicted molar refractivity (Wildman–Crippen MR) is 77.9 cm³/mol. The van der Waals surface area contributed by atoms with Gasteiger partial charge in [0.05, 0.1) is 14.2 Å². The number of anilines is 1. The van der Waals surface area contributed by atoms with Crippen LogP contribution >= 0.6 is 11.8 Å². The standard InChI is InChI=1S/C14H19NO3S/c1-17-12-5-3-11(4-6-12)15-14(13(16)18-2)7-9-19-10-8-14/h3-6,15H,7-10H2,1-2H3. The highest BCUT2D eigenvalue weighted by Crippen LogP contribution is 2.32. The van der Waals surface area contributed by atoms with Gasteiger partial charge in [-0.3, -0.25) is 0 Å². The van der Waals surface area contributed by atoms with E-state index >= 15 is 0 Å². The average Bonchev–Trinajstić information content (AvgIpc) is 2.48. The lowest BCUT2D eigenvalue weighted by Gasteiger charge is -2.35. The normalized spacial score (nSPS) is 17.6. The molecule has 104 valence electrons. The molecule has 0 radical (unpaired) electrons. The lowest BCUT2D eigenvalue weighted by molar-refractivity contribution is -0.146. The first-order chi connectivity index (χ1) is 9.20. The van der Waals surface area contributed by atoms with Crippen molar-refractivity contribution in [3.63, 3.8) is 0 Å². The van der Waals surface area contributed by atoms with Crippen LogP contribution in [0.2, 0.25) is 0 Å². The van der Waals surface area contributed by atoms with E-state index in [0.717, 1.165) is 35.8 Å². The van der Waals surface area contributed by atoms with Crippen LogP contribution in [-0.4, -0.2) is 37.2 Å².